The van der Waals surface area contributed by atoms with E-state index in [1.54, 1.807) is 17.9 Å². The molecule has 0 atom stereocenters. The van der Waals surface area contributed by atoms with Gasteiger partial charge in [-0.05, 0) is 12.1 Å². The van der Waals surface area contributed by atoms with Crippen molar-refractivity contribution in [2.75, 3.05) is 20.7 Å². The fraction of sp³-hybridized carbons (Fsp3) is 0.267. The van der Waals surface area contributed by atoms with Crippen LogP contribution in [-0.4, -0.2) is 47.0 Å². The molecule has 1 aromatic carbocycles. The number of nitrogens with zero attached hydrogens (tertiary/aromatic N) is 3. The SMILES string of the molecule is COC(=O)CCN(C)C(=O)c1cncn1-c1ccccc1. The maximum Gasteiger partial charge on any atom is 0.307 e. The molecule has 0 spiro atoms. The minimum absolute atomic E-state index is 0.165. The molecule has 0 bridgehead atoms. The van der Waals surface area contributed by atoms with Crippen LogP contribution in [0.3, 0.4) is 0 Å². The molecule has 1 amide bonds. The molecule has 0 N–H and O–H groups in total. The second kappa shape index (κ2) is 6.69. The van der Waals surface area contributed by atoms with E-state index in [9.17, 15) is 9.59 Å². The summed E-state index contributed by atoms with van der Waals surface area (Å²) in [6, 6.07) is 9.49. The van der Waals surface area contributed by atoms with Crippen molar-refractivity contribution < 1.29 is 14.3 Å². The summed E-state index contributed by atoms with van der Waals surface area (Å²) in [5.41, 5.74) is 1.31. The van der Waals surface area contributed by atoms with E-state index in [2.05, 4.69) is 9.72 Å². The molecule has 21 heavy (non-hydrogen) atoms. The number of carbonyl (C=O) groups excluding carboxylic acids is 2. The molecule has 0 radical (unpaired) electrons. The highest BCUT2D eigenvalue weighted by Gasteiger charge is 2.18. The van der Waals surface area contributed by atoms with Crippen LogP contribution in [0.2, 0.25) is 0 Å². The van der Waals surface area contributed by atoms with Gasteiger partial charge in [0.05, 0.1) is 26.1 Å². The Bertz CT molecular complexity index is 622. The predicted octanol–water partition coefficient (Wildman–Crippen LogP) is 1.51. The molecule has 0 saturated carbocycles. The Morgan fingerprint density at radius 1 is 1.29 bits per heavy atom. The van der Waals surface area contributed by atoms with Gasteiger partial charge >= 0.3 is 5.97 Å². The van der Waals surface area contributed by atoms with Crippen LogP contribution in [0.15, 0.2) is 42.9 Å². The van der Waals surface area contributed by atoms with E-state index in [0.717, 1.165) is 5.69 Å². The highest BCUT2D eigenvalue weighted by atomic mass is 16.5. The summed E-state index contributed by atoms with van der Waals surface area (Å²) in [5.74, 6) is -0.536. The second-order valence-corrected chi connectivity index (χ2v) is 4.54. The predicted molar refractivity (Wildman–Crippen MR) is 77.2 cm³/mol. The first-order valence-electron chi connectivity index (χ1n) is 6.53. The smallest absolute Gasteiger partial charge is 0.307 e. The number of esters is 1. The van der Waals surface area contributed by atoms with E-state index in [0.29, 0.717) is 12.2 Å². The van der Waals surface area contributed by atoms with Crippen LogP contribution in [0.4, 0.5) is 0 Å². The standard InChI is InChI=1S/C15H17N3O3/c1-17(9-8-14(19)21-2)15(20)13-10-16-11-18(13)12-6-4-3-5-7-12/h3-7,10-11H,8-9H2,1-2H3. The molecule has 6 heteroatoms. The molecule has 0 fully saturated rings. The van der Waals surface area contributed by atoms with Crippen molar-refractivity contribution >= 4 is 11.9 Å². The molecule has 6 nitrogen and oxygen atoms in total. The van der Waals surface area contributed by atoms with Crippen LogP contribution in [0.1, 0.15) is 16.9 Å². The maximum absolute atomic E-state index is 12.4. The molecular weight excluding hydrogens is 270 g/mol. The van der Waals surface area contributed by atoms with Crippen molar-refractivity contribution in [2.45, 2.75) is 6.42 Å². The van der Waals surface area contributed by atoms with Crippen molar-refractivity contribution in [1.29, 1.82) is 0 Å². The molecule has 1 aromatic heterocycles. The first-order chi connectivity index (χ1) is 10.1. The summed E-state index contributed by atoms with van der Waals surface area (Å²) in [4.78, 5) is 29.1. The van der Waals surface area contributed by atoms with Gasteiger partial charge in [-0.1, -0.05) is 18.2 Å². The molecule has 2 aromatic rings. The van der Waals surface area contributed by atoms with Crippen LogP contribution in [0, 0.1) is 0 Å². The Morgan fingerprint density at radius 2 is 2.00 bits per heavy atom. The number of ether oxygens (including phenoxy) is 1. The van der Waals surface area contributed by atoms with Gasteiger partial charge in [-0.15, -0.1) is 0 Å². The zero-order valence-corrected chi connectivity index (χ0v) is 12.0. The highest BCUT2D eigenvalue weighted by Crippen LogP contribution is 2.12. The monoisotopic (exact) mass is 287 g/mol. The minimum atomic E-state index is -0.341. The number of rotatable bonds is 5. The molecule has 0 saturated heterocycles. The second-order valence-electron chi connectivity index (χ2n) is 4.54. The minimum Gasteiger partial charge on any atom is -0.469 e. The summed E-state index contributed by atoms with van der Waals surface area (Å²) in [7, 11) is 2.97. The van der Waals surface area contributed by atoms with Gasteiger partial charge in [0.15, 0.2) is 0 Å². The van der Waals surface area contributed by atoms with Gasteiger partial charge in [-0.3, -0.25) is 14.2 Å². The maximum atomic E-state index is 12.4. The van der Waals surface area contributed by atoms with Gasteiger partial charge in [0.2, 0.25) is 0 Å². The Hall–Kier alpha value is -2.63. The Labute approximate surface area is 123 Å². The molecule has 0 unspecified atom stereocenters. The van der Waals surface area contributed by atoms with E-state index in [1.807, 2.05) is 30.3 Å². The first kappa shape index (κ1) is 14.8. The number of hydrogen-bond donors (Lipinski definition) is 0. The number of amides is 1. The number of methoxy groups -OCH3 is 1. The molecular formula is C15H17N3O3. The quantitative estimate of drug-likeness (QED) is 0.782. The largest absolute Gasteiger partial charge is 0.469 e. The van der Waals surface area contributed by atoms with Crippen molar-refractivity contribution in [1.82, 2.24) is 14.5 Å². The number of benzene rings is 1. The van der Waals surface area contributed by atoms with Crippen molar-refractivity contribution in [3.8, 4) is 5.69 Å². The lowest BCUT2D eigenvalue weighted by Crippen LogP contribution is -2.30. The average Bonchev–Trinajstić information content (AvgIpc) is 3.01. The zero-order chi connectivity index (χ0) is 15.2. The normalized spacial score (nSPS) is 10.2. The number of para-hydroxylation sites is 1. The molecule has 0 aliphatic rings. The molecule has 0 aliphatic heterocycles. The zero-order valence-electron chi connectivity index (χ0n) is 12.0. The topological polar surface area (TPSA) is 64.4 Å². The third kappa shape index (κ3) is 3.47. The van der Waals surface area contributed by atoms with Crippen LogP contribution >= 0.6 is 0 Å². The van der Waals surface area contributed by atoms with E-state index >= 15 is 0 Å². The Balaban J connectivity index is 2.14. The van der Waals surface area contributed by atoms with E-state index in [1.165, 1.54) is 18.2 Å². The van der Waals surface area contributed by atoms with E-state index in [-0.39, 0.29) is 18.3 Å². The van der Waals surface area contributed by atoms with Gasteiger partial charge in [0.25, 0.3) is 5.91 Å². The number of aromatic nitrogens is 2. The number of imidazole rings is 1. The lowest BCUT2D eigenvalue weighted by molar-refractivity contribution is -0.140. The third-order valence-electron chi connectivity index (χ3n) is 3.12. The fourth-order valence-corrected chi connectivity index (χ4v) is 1.91. The van der Waals surface area contributed by atoms with Crippen LogP contribution in [0.25, 0.3) is 5.69 Å². The van der Waals surface area contributed by atoms with Gasteiger partial charge < -0.3 is 9.64 Å². The average molecular weight is 287 g/mol. The highest BCUT2D eigenvalue weighted by molar-refractivity contribution is 5.93. The van der Waals surface area contributed by atoms with Crippen LogP contribution in [-0.2, 0) is 9.53 Å². The fourth-order valence-electron chi connectivity index (χ4n) is 1.91. The van der Waals surface area contributed by atoms with Gasteiger partial charge in [0.1, 0.15) is 5.69 Å². The van der Waals surface area contributed by atoms with Gasteiger partial charge in [-0.2, -0.15) is 0 Å². The number of hydrogen-bond acceptors (Lipinski definition) is 4. The lowest BCUT2D eigenvalue weighted by atomic mass is 10.3. The summed E-state index contributed by atoms with van der Waals surface area (Å²) in [6.07, 6.45) is 3.28. The van der Waals surface area contributed by atoms with E-state index in [4.69, 9.17) is 0 Å². The van der Waals surface area contributed by atoms with Gasteiger partial charge in [-0.25, -0.2) is 4.98 Å². The molecule has 1 heterocycles. The van der Waals surface area contributed by atoms with Crippen molar-refractivity contribution in [3.05, 3.63) is 48.5 Å². The Morgan fingerprint density at radius 3 is 2.67 bits per heavy atom. The first-order valence-corrected chi connectivity index (χ1v) is 6.53. The van der Waals surface area contributed by atoms with Crippen molar-refractivity contribution in [2.24, 2.45) is 0 Å². The molecule has 110 valence electrons. The molecule has 2 rings (SSSR count). The van der Waals surface area contributed by atoms with Crippen molar-refractivity contribution in [3.63, 3.8) is 0 Å². The summed E-state index contributed by atoms with van der Waals surface area (Å²) in [5, 5.41) is 0. The lowest BCUT2D eigenvalue weighted by Gasteiger charge is -2.17. The van der Waals surface area contributed by atoms with E-state index < -0.39 is 0 Å². The summed E-state index contributed by atoms with van der Waals surface area (Å²) < 4.78 is 6.29. The summed E-state index contributed by atoms with van der Waals surface area (Å²) >= 11 is 0. The molecule has 0 aliphatic carbocycles. The van der Waals surface area contributed by atoms with Crippen LogP contribution in [0.5, 0.6) is 0 Å². The summed E-state index contributed by atoms with van der Waals surface area (Å²) in [6.45, 7) is 0.297. The van der Waals surface area contributed by atoms with Gasteiger partial charge in [0, 0.05) is 19.3 Å². The van der Waals surface area contributed by atoms with Crippen LogP contribution < -0.4 is 0 Å². The number of carbonyl (C=O) groups is 2. The third-order valence-corrected chi connectivity index (χ3v) is 3.12. The Kier molecular flexibility index (Phi) is 4.71.